The Morgan fingerprint density at radius 2 is 1.54 bits per heavy atom. The molecule has 0 bridgehead atoms. The first-order chi connectivity index (χ1) is 19.9. The summed E-state index contributed by atoms with van der Waals surface area (Å²) in [4.78, 5) is 43.5. The summed E-state index contributed by atoms with van der Waals surface area (Å²) in [5, 5.41) is 0. The van der Waals surface area contributed by atoms with Gasteiger partial charge in [0.25, 0.3) is 5.91 Å². The van der Waals surface area contributed by atoms with E-state index in [1.807, 2.05) is 72.5 Å². The Labute approximate surface area is 242 Å². The second kappa shape index (κ2) is 13.0. The summed E-state index contributed by atoms with van der Waals surface area (Å²) in [6.45, 7) is 5.64. The average molecular weight is 551 g/mol. The largest absolute Gasteiger partial charge is 0.463 e. The Balaban J connectivity index is 1.30. The summed E-state index contributed by atoms with van der Waals surface area (Å²) in [6.07, 6.45) is 3.22. The lowest BCUT2D eigenvalue weighted by molar-refractivity contribution is -0.140. The molecule has 212 valence electrons. The van der Waals surface area contributed by atoms with E-state index >= 15 is 0 Å². The van der Waals surface area contributed by atoms with E-state index < -0.39 is 5.97 Å². The highest BCUT2D eigenvalue weighted by molar-refractivity contribution is 5.96. The number of ether oxygens (including phenoxy) is 1. The number of nitrogens with zero attached hydrogens (tertiary/aromatic N) is 2. The highest BCUT2D eigenvalue weighted by atomic mass is 16.5. The topological polar surface area (TPSA) is 66.9 Å². The van der Waals surface area contributed by atoms with Crippen LogP contribution in [0.25, 0.3) is 0 Å². The van der Waals surface area contributed by atoms with Crippen molar-refractivity contribution in [3.05, 3.63) is 118 Å². The molecule has 41 heavy (non-hydrogen) atoms. The Morgan fingerprint density at radius 3 is 2.22 bits per heavy atom. The van der Waals surface area contributed by atoms with E-state index in [0.717, 1.165) is 43.5 Å². The van der Waals surface area contributed by atoms with Crippen LogP contribution >= 0.6 is 0 Å². The van der Waals surface area contributed by atoms with E-state index in [-0.39, 0.29) is 37.3 Å². The number of piperidine rings is 1. The van der Waals surface area contributed by atoms with Crippen LogP contribution in [0.4, 0.5) is 0 Å². The minimum Gasteiger partial charge on any atom is -0.463 e. The van der Waals surface area contributed by atoms with Gasteiger partial charge in [0.1, 0.15) is 0 Å². The van der Waals surface area contributed by atoms with Crippen molar-refractivity contribution >= 4 is 17.8 Å². The molecule has 0 aliphatic carbocycles. The Kier molecular flexibility index (Phi) is 8.98. The van der Waals surface area contributed by atoms with Gasteiger partial charge in [0, 0.05) is 36.7 Å². The molecule has 3 aromatic carbocycles. The summed E-state index contributed by atoms with van der Waals surface area (Å²) in [6, 6.07) is 27.7. The smallest absolute Gasteiger partial charge is 0.336 e. The third-order valence-corrected chi connectivity index (χ3v) is 8.30. The van der Waals surface area contributed by atoms with Crippen LogP contribution in [-0.2, 0) is 27.3 Å². The zero-order chi connectivity index (χ0) is 28.8. The molecule has 5 rings (SSSR count). The summed E-state index contributed by atoms with van der Waals surface area (Å²) in [5.41, 5.74) is 4.87. The van der Waals surface area contributed by atoms with Gasteiger partial charge >= 0.3 is 5.97 Å². The molecule has 2 aliphatic rings. The maximum absolute atomic E-state index is 13.4. The highest BCUT2D eigenvalue weighted by Crippen LogP contribution is 2.37. The van der Waals surface area contributed by atoms with Crippen molar-refractivity contribution in [2.45, 2.75) is 52.0 Å². The van der Waals surface area contributed by atoms with Crippen molar-refractivity contribution in [2.75, 3.05) is 19.7 Å². The number of allylic oxidation sites excluding steroid dienone is 1. The molecule has 0 radical (unpaired) electrons. The predicted molar refractivity (Wildman–Crippen MR) is 159 cm³/mol. The molecule has 6 heteroatoms. The van der Waals surface area contributed by atoms with E-state index in [2.05, 4.69) is 24.3 Å². The monoisotopic (exact) mass is 550 g/mol. The second-order valence-corrected chi connectivity index (χ2v) is 11.0. The normalized spacial score (nSPS) is 18.0. The number of rotatable bonds is 8. The van der Waals surface area contributed by atoms with E-state index in [0.29, 0.717) is 22.8 Å². The van der Waals surface area contributed by atoms with Gasteiger partial charge in [-0.05, 0) is 67.9 Å². The lowest BCUT2D eigenvalue weighted by Gasteiger charge is -2.34. The van der Waals surface area contributed by atoms with Crippen molar-refractivity contribution in [1.82, 2.24) is 9.80 Å². The summed E-state index contributed by atoms with van der Waals surface area (Å²) >= 11 is 0. The van der Waals surface area contributed by atoms with Crippen LogP contribution in [0.1, 0.15) is 66.1 Å². The molecule has 1 fully saturated rings. The minimum absolute atomic E-state index is 0.0265. The van der Waals surface area contributed by atoms with Gasteiger partial charge in [0.05, 0.1) is 18.7 Å². The first-order valence-corrected chi connectivity index (χ1v) is 14.6. The SMILES string of the molecule is CCOC(=O)C1=C(C)N(Cc2cccc(C(=O)N3CCC(Cc4ccccc4)CC3)c2)C(=O)CC1c1ccccc1. The van der Waals surface area contributed by atoms with Crippen molar-refractivity contribution in [1.29, 1.82) is 0 Å². The fourth-order valence-electron chi connectivity index (χ4n) is 6.10. The molecule has 1 unspecified atom stereocenters. The van der Waals surface area contributed by atoms with E-state index in [1.54, 1.807) is 11.8 Å². The lowest BCUT2D eigenvalue weighted by Crippen LogP contribution is -2.39. The highest BCUT2D eigenvalue weighted by Gasteiger charge is 2.37. The first kappa shape index (κ1) is 28.3. The molecule has 1 saturated heterocycles. The van der Waals surface area contributed by atoms with Crippen LogP contribution in [0.5, 0.6) is 0 Å². The van der Waals surface area contributed by atoms with E-state index in [9.17, 15) is 14.4 Å². The van der Waals surface area contributed by atoms with Crippen LogP contribution in [-0.4, -0.2) is 47.3 Å². The Bertz CT molecular complexity index is 1410. The van der Waals surface area contributed by atoms with Gasteiger partial charge in [-0.1, -0.05) is 72.8 Å². The Morgan fingerprint density at radius 1 is 0.878 bits per heavy atom. The number of amides is 2. The number of likely N-dealkylation sites (tertiary alicyclic amines) is 1. The quantitative estimate of drug-likeness (QED) is 0.316. The van der Waals surface area contributed by atoms with Gasteiger partial charge in [0.2, 0.25) is 5.91 Å². The van der Waals surface area contributed by atoms with Gasteiger partial charge in [-0.3, -0.25) is 9.59 Å². The van der Waals surface area contributed by atoms with E-state index in [1.165, 1.54) is 5.56 Å². The molecular weight excluding hydrogens is 512 g/mol. The second-order valence-electron chi connectivity index (χ2n) is 11.0. The standard InChI is InChI=1S/C35H38N2O4/c1-3-41-35(40)33-25(2)37(32(38)23-31(33)29-14-8-5-9-15-29)24-28-13-10-16-30(22-28)34(39)36-19-17-27(18-20-36)21-26-11-6-4-7-12-26/h4-16,22,27,31H,3,17-21,23-24H2,1-2H3. The zero-order valence-electron chi connectivity index (χ0n) is 23.9. The van der Waals surface area contributed by atoms with Crippen LogP contribution in [0.2, 0.25) is 0 Å². The lowest BCUT2D eigenvalue weighted by atomic mass is 9.83. The molecule has 2 amide bonds. The number of hydrogen-bond acceptors (Lipinski definition) is 4. The van der Waals surface area contributed by atoms with Gasteiger partial charge in [-0.15, -0.1) is 0 Å². The average Bonchev–Trinajstić information content (AvgIpc) is 3.00. The number of benzene rings is 3. The van der Waals surface area contributed by atoms with Gasteiger partial charge in [-0.2, -0.15) is 0 Å². The van der Waals surface area contributed by atoms with Crippen molar-refractivity contribution < 1.29 is 19.1 Å². The number of esters is 1. The van der Waals surface area contributed by atoms with E-state index in [4.69, 9.17) is 4.74 Å². The maximum atomic E-state index is 13.4. The minimum atomic E-state index is -0.393. The molecule has 0 aromatic heterocycles. The molecule has 1 atom stereocenters. The molecule has 3 aromatic rings. The van der Waals surface area contributed by atoms with Crippen LogP contribution in [0.15, 0.2) is 96.2 Å². The molecule has 2 heterocycles. The number of hydrogen-bond donors (Lipinski definition) is 0. The maximum Gasteiger partial charge on any atom is 0.336 e. The zero-order valence-corrected chi connectivity index (χ0v) is 23.9. The molecule has 6 nitrogen and oxygen atoms in total. The molecule has 2 aliphatic heterocycles. The van der Waals surface area contributed by atoms with Crippen molar-refractivity contribution in [2.24, 2.45) is 5.92 Å². The van der Waals surface area contributed by atoms with Gasteiger partial charge in [-0.25, -0.2) is 4.79 Å². The predicted octanol–water partition coefficient (Wildman–Crippen LogP) is 6.13. The third-order valence-electron chi connectivity index (χ3n) is 8.30. The van der Waals surface area contributed by atoms with Crippen LogP contribution in [0, 0.1) is 5.92 Å². The molecule has 0 N–H and O–H groups in total. The summed E-state index contributed by atoms with van der Waals surface area (Å²) in [7, 11) is 0. The fourth-order valence-corrected chi connectivity index (χ4v) is 6.10. The number of carbonyl (C=O) groups is 3. The van der Waals surface area contributed by atoms with Gasteiger partial charge < -0.3 is 14.5 Å². The van der Waals surface area contributed by atoms with Gasteiger partial charge in [0.15, 0.2) is 0 Å². The molecular formula is C35H38N2O4. The fraction of sp³-hybridized carbons (Fsp3) is 0.343. The van der Waals surface area contributed by atoms with Crippen molar-refractivity contribution in [3.63, 3.8) is 0 Å². The number of carbonyl (C=O) groups excluding carboxylic acids is 3. The summed E-state index contributed by atoms with van der Waals surface area (Å²) < 4.78 is 5.41. The molecule has 0 spiro atoms. The molecule has 0 saturated carbocycles. The first-order valence-electron chi connectivity index (χ1n) is 14.6. The van der Waals surface area contributed by atoms with Crippen LogP contribution < -0.4 is 0 Å². The Hall–Kier alpha value is -4.19. The third kappa shape index (κ3) is 6.59. The van der Waals surface area contributed by atoms with Crippen LogP contribution in [0.3, 0.4) is 0 Å². The van der Waals surface area contributed by atoms with Crippen molar-refractivity contribution in [3.8, 4) is 0 Å². The summed E-state index contributed by atoms with van der Waals surface area (Å²) in [5.74, 6) is -0.186.